The third-order valence-corrected chi connectivity index (χ3v) is 3.69. The fourth-order valence-electron chi connectivity index (χ4n) is 2.84. The third kappa shape index (κ3) is 1.32. The zero-order valence-corrected chi connectivity index (χ0v) is 9.90. The molecule has 0 bridgehead atoms. The van der Waals surface area contributed by atoms with E-state index in [0.717, 1.165) is 18.7 Å². The smallest absolute Gasteiger partial charge is 0.0926 e. The van der Waals surface area contributed by atoms with E-state index in [4.69, 9.17) is 0 Å². The summed E-state index contributed by atoms with van der Waals surface area (Å²) >= 11 is 0. The number of nitrogens with one attached hydrogen (secondary N) is 3. The quantitative estimate of drug-likeness (QED) is 0.608. The number of aromatic amines is 2. The summed E-state index contributed by atoms with van der Waals surface area (Å²) in [7, 11) is 0. The zero-order chi connectivity index (χ0) is 11.9. The second-order valence-corrected chi connectivity index (χ2v) is 4.69. The van der Waals surface area contributed by atoms with Crippen LogP contribution < -0.4 is 5.32 Å². The van der Waals surface area contributed by atoms with Crippen molar-refractivity contribution in [3.05, 3.63) is 53.7 Å². The number of benzene rings is 1. The van der Waals surface area contributed by atoms with Crippen molar-refractivity contribution in [1.29, 1.82) is 0 Å². The van der Waals surface area contributed by atoms with Crippen molar-refractivity contribution in [1.82, 2.24) is 20.3 Å². The Balaban J connectivity index is 1.92. The maximum Gasteiger partial charge on any atom is 0.0926 e. The van der Waals surface area contributed by atoms with Crippen LogP contribution in [0, 0.1) is 0 Å². The predicted octanol–water partition coefficient (Wildman–Crippen LogP) is 2.13. The van der Waals surface area contributed by atoms with Gasteiger partial charge in [0.25, 0.3) is 0 Å². The molecule has 2 aromatic heterocycles. The average Bonchev–Trinajstić information content (AvgIpc) is 3.06. The van der Waals surface area contributed by atoms with Crippen molar-refractivity contribution in [2.24, 2.45) is 0 Å². The number of aromatic nitrogens is 3. The molecule has 18 heavy (non-hydrogen) atoms. The van der Waals surface area contributed by atoms with Crippen molar-refractivity contribution in [3.8, 4) is 0 Å². The highest BCUT2D eigenvalue weighted by molar-refractivity contribution is 5.83. The molecule has 0 spiro atoms. The van der Waals surface area contributed by atoms with Crippen LogP contribution in [0.1, 0.15) is 23.0 Å². The third-order valence-electron chi connectivity index (χ3n) is 3.69. The highest BCUT2D eigenvalue weighted by atomic mass is 15.0. The first-order valence-electron chi connectivity index (χ1n) is 6.25. The van der Waals surface area contributed by atoms with E-state index in [-0.39, 0.29) is 6.04 Å². The maximum atomic E-state index is 4.48. The van der Waals surface area contributed by atoms with Crippen molar-refractivity contribution in [2.45, 2.75) is 12.5 Å². The number of hydrogen-bond donors (Lipinski definition) is 3. The Labute approximate surface area is 104 Å². The Morgan fingerprint density at radius 2 is 2.17 bits per heavy atom. The van der Waals surface area contributed by atoms with Crippen molar-refractivity contribution >= 4 is 10.9 Å². The van der Waals surface area contributed by atoms with E-state index in [9.17, 15) is 0 Å². The molecule has 1 atom stereocenters. The molecule has 4 heteroatoms. The monoisotopic (exact) mass is 238 g/mol. The van der Waals surface area contributed by atoms with Crippen LogP contribution in [0.15, 0.2) is 36.8 Å². The molecule has 0 saturated heterocycles. The predicted molar refractivity (Wildman–Crippen MR) is 70.4 cm³/mol. The molecule has 3 aromatic rings. The van der Waals surface area contributed by atoms with Gasteiger partial charge in [0.05, 0.1) is 18.1 Å². The molecule has 0 fully saturated rings. The van der Waals surface area contributed by atoms with Gasteiger partial charge in [-0.05, 0) is 17.7 Å². The standard InChI is InChI=1S/C14H14N4/c1-2-10(9-4-6-15-11(9)3-1)13-14-12(5-7-16-13)17-8-18-14/h1-4,6,8,13,15-16H,5,7H2,(H,17,18)/t13-/m1/s1. The van der Waals surface area contributed by atoms with Gasteiger partial charge >= 0.3 is 0 Å². The molecule has 90 valence electrons. The van der Waals surface area contributed by atoms with Gasteiger partial charge in [0, 0.05) is 35.8 Å². The molecular weight excluding hydrogens is 224 g/mol. The summed E-state index contributed by atoms with van der Waals surface area (Å²) in [5.41, 5.74) is 4.86. The number of H-pyrrole nitrogens is 2. The molecular formula is C14H14N4. The number of fused-ring (bicyclic) bond motifs is 2. The van der Waals surface area contributed by atoms with Gasteiger partial charge in [-0.1, -0.05) is 12.1 Å². The van der Waals surface area contributed by atoms with Gasteiger partial charge in [-0.15, -0.1) is 0 Å². The lowest BCUT2D eigenvalue weighted by atomic mass is 9.95. The Bertz CT molecular complexity index is 694. The minimum absolute atomic E-state index is 0.194. The van der Waals surface area contributed by atoms with E-state index >= 15 is 0 Å². The molecule has 1 aromatic carbocycles. The summed E-state index contributed by atoms with van der Waals surface area (Å²) < 4.78 is 0. The lowest BCUT2D eigenvalue weighted by Gasteiger charge is -2.24. The van der Waals surface area contributed by atoms with Crippen LogP contribution in [0.3, 0.4) is 0 Å². The van der Waals surface area contributed by atoms with Gasteiger partial charge in [0.1, 0.15) is 0 Å². The fourth-order valence-corrected chi connectivity index (χ4v) is 2.84. The molecule has 0 unspecified atom stereocenters. The number of imidazole rings is 1. The first-order chi connectivity index (χ1) is 8.93. The number of hydrogen-bond acceptors (Lipinski definition) is 2. The lowest BCUT2D eigenvalue weighted by molar-refractivity contribution is 0.556. The van der Waals surface area contributed by atoms with E-state index in [1.54, 1.807) is 6.33 Å². The van der Waals surface area contributed by atoms with Crippen molar-refractivity contribution in [3.63, 3.8) is 0 Å². The Kier molecular flexibility index (Phi) is 2.04. The van der Waals surface area contributed by atoms with Crippen molar-refractivity contribution in [2.75, 3.05) is 6.54 Å². The molecule has 0 radical (unpaired) electrons. The molecule has 3 N–H and O–H groups in total. The molecule has 4 nitrogen and oxygen atoms in total. The summed E-state index contributed by atoms with van der Waals surface area (Å²) in [6, 6.07) is 8.70. The molecule has 0 saturated carbocycles. The zero-order valence-electron chi connectivity index (χ0n) is 9.90. The number of nitrogens with zero attached hydrogens (tertiary/aromatic N) is 1. The van der Waals surface area contributed by atoms with E-state index in [1.807, 2.05) is 6.20 Å². The average molecular weight is 238 g/mol. The van der Waals surface area contributed by atoms with E-state index in [0.29, 0.717) is 0 Å². The topological polar surface area (TPSA) is 56.5 Å². The van der Waals surface area contributed by atoms with Gasteiger partial charge in [-0.25, -0.2) is 4.98 Å². The largest absolute Gasteiger partial charge is 0.361 e. The van der Waals surface area contributed by atoms with Gasteiger partial charge in [0.15, 0.2) is 0 Å². The highest BCUT2D eigenvalue weighted by Gasteiger charge is 2.24. The van der Waals surface area contributed by atoms with Crippen LogP contribution in [0.25, 0.3) is 10.9 Å². The normalized spacial score (nSPS) is 19.0. The van der Waals surface area contributed by atoms with Crippen LogP contribution in [0.5, 0.6) is 0 Å². The first kappa shape index (κ1) is 9.91. The molecule has 1 aliphatic rings. The van der Waals surface area contributed by atoms with Crippen LogP contribution in [0.2, 0.25) is 0 Å². The molecule has 3 heterocycles. The van der Waals surface area contributed by atoms with E-state index in [2.05, 4.69) is 44.5 Å². The fraction of sp³-hybridized carbons (Fsp3) is 0.214. The second-order valence-electron chi connectivity index (χ2n) is 4.69. The van der Waals surface area contributed by atoms with Gasteiger partial charge < -0.3 is 15.3 Å². The van der Waals surface area contributed by atoms with Gasteiger partial charge in [0.2, 0.25) is 0 Å². The molecule has 1 aliphatic heterocycles. The van der Waals surface area contributed by atoms with Crippen LogP contribution in [0.4, 0.5) is 0 Å². The van der Waals surface area contributed by atoms with Crippen LogP contribution in [-0.4, -0.2) is 21.5 Å². The summed E-state index contributed by atoms with van der Waals surface area (Å²) in [6.45, 7) is 0.987. The highest BCUT2D eigenvalue weighted by Crippen LogP contribution is 2.30. The SMILES string of the molecule is c1cc([C@H]2NCCc3[nH]cnc32)c2cc[nH]c2c1. The summed E-state index contributed by atoms with van der Waals surface area (Å²) in [4.78, 5) is 11.0. The van der Waals surface area contributed by atoms with Gasteiger partial charge in [-0.2, -0.15) is 0 Å². The second kappa shape index (κ2) is 3.71. The number of rotatable bonds is 1. The van der Waals surface area contributed by atoms with Crippen LogP contribution in [-0.2, 0) is 6.42 Å². The van der Waals surface area contributed by atoms with Crippen molar-refractivity contribution < 1.29 is 0 Å². The molecule has 0 aliphatic carbocycles. The Morgan fingerprint density at radius 1 is 1.17 bits per heavy atom. The maximum absolute atomic E-state index is 4.48. The van der Waals surface area contributed by atoms with E-state index in [1.165, 1.54) is 22.2 Å². The first-order valence-corrected chi connectivity index (χ1v) is 6.25. The summed E-state index contributed by atoms with van der Waals surface area (Å²) in [5, 5.41) is 4.83. The Hall–Kier alpha value is -2.07. The summed E-state index contributed by atoms with van der Waals surface area (Å²) in [5.74, 6) is 0. The summed E-state index contributed by atoms with van der Waals surface area (Å²) in [6.07, 6.45) is 4.80. The van der Waals surface area contributed by atoms with Gasteiger partial charge in [-0.3, -0.25) is 0 Å². The molecule has 4 rings (SSSR count). The lowest BCUT2D eigenvalue weighted by Crippen LogP contribution is -2.30. The Morgan fingerprint density at radius 3 is 3.17 bits per heavy atom. The minimum atomic E-state index is 0.194. The molecule has 0 amide bonds. The van der Waals surface area contributed by atoms with Crippen LogP contribution >= 0.6 is 0 Å². The minimum Gasteiger partial charge on any atom is -0.361 e. The van der Waals surface area contributed by atoms with E-state index < -0.39 is 0 Å².